The van der Waals surface area contributed by atoms with Gasteiger partial charge in [0.25, 0.3) is 10.0 Å². The number of carbonyl (C=O) groups is 1. The number of nitrogens with zero attached hydrogens (tertiary/aromatic N) is 2. The molecule has 0 spiro atoms. The molecule has 0 aliphatic heterocycles. The number of allylic oxidation sites excluding steroid dienone is 3. The Morgan fingerprint density at radius 2 is 1.23 bits per heavy atom. The van der Waals surface area contributed by atoms with Crippen LogP contribution in [-0.4, -0.2) is 32.9 Å². The summed E-state index contributed by atoms with van der Waals surface area (Å²) in [7, 11) is -2.43. The molecule has 0 saturated heterocycles. The second-order valence-electron chi connectivity index (χ2n) is 10.3. The summed E-state index contributed by atoms with van der Waals surface area (Å²) in [5.41, 5.74) is 1.26. The molecule has 0 bridgehead atoms. The van der Waals surface area contributed by atoms with Crippen LogP contribution in [0.2, 0.25) is 0 Å². The predicted octanol–water partition coefficient (Wildman–Crippen LogP) is 8.54. The predicted molar refractivity (Wildman–Crippen MR) is 162 cm³/mol. The smallest absolute Gasteiger partial charge is 0.282 e. The summed E-state index contributed by atoms with van der Waals surface area (Å²) in [6, 6.07) is 8.04. The number of ether oxygens (including phenoxy) is 1. The molecule has 2 rings (SSSR count). The van der Waals surface area contributed by atoms with Gasteiger partial charge in [0.15, 0.2) is 0 Å². The average Bonchev–Trinajstić information content (AvgIpc) is 2.93. The standard InChI is InChI=1S/C32H48N2O4S/c1-4-5-6-7-8-9-10-11-12-13-14-15-16-17-21-24-31(35)33-29-25-26-30(32(38-3)27(29)2)34-39(36,37)28-22-19-18-20-23-28/h18-20,22-23,25-26H,4-17,21,24H2,1-3H3/b33-29?,34-30-. The number of carbonyl (C=O) groups excluding carboxylic acids is 1. The van der Waals surface area contributed by atoms with E-state index in [-0.39, 0.29) is 16.5 Å². The number of unbranched alkanes of at least 4 members (excludes halogenated alkanes) is 14. The molecule has 0 fully saturated rings. The number of amides is 1. The van der Waals surface area contributed by atoms with Crippen molar-refractivity contribution in [1.29, 1.82) is 0 Å². The van der Waals surface area contributed by atoms with Gasteiger partial charge in [0.1, 0.15) is 11.5 Å². The molecule has 0 N–H and O–H groups in total. The van der Waals surface area contributed by atoms with Crippen molar-refractivity contribution in [3.8, 4) is 0 Å². The molecule has 1 aromatic carbocycles. The first kappa shape index (κ1) is 32.7. The number of aliphatic imine (C=N–C) groups is 1. The van der Waals surface area contributed by atoms with Gasteiger partial charge >= 0.3 is 0 Å². The van der Waals surface area contributed by atoms with Gasteiger partial charge in [-0.15, -0.1) is 0 Å². The van der Waals surface area contributed by atoms with Gasteiger partial charge in [0.05, 0.1) is 17.7 Å². The molecular weight excluding hydrogens is 508 g/mol. The number of methoxy groups -OCH3 is 1. The number of rotatable bonds is 19. The Morgan fingerprint density at radius 1 is 0.744 bits per heavy atom. The van der Waals surface area contributed by atoms with Crippen molar-refractivity contribution in [2.75, 3.05) is 7.11 Å². The van der Waals surface area contributed by atoms with Crippen LogP contribution in [0, 0.1) is 0 Å². The Bertz CT molecular complexity index is 1100. The van der Waals surface area contributed by atoms with Crippen molar-refractivity contribution in [2.45, 2.75) is 121 Å². The van der Waals surface area contributed by atoms with Gasteiger partial charge in [-0.1, -0.05) is 115 Å². The molecule has 0 heterocycles. The van der Waals surface area contributed by atoms with Gasteiger partial charge in [0.2, 0.25) is 5.91 Å². The van der Waals surface area contributed by atoms with Gasteiger partial charge in [-0.2, -0.15) is 12.8 Å². The van der Waals surface area contributed by atoms with Crippen molar-refractivity contribution in [2.24, 2.45) is 9.39 Å². The van der Waals surface area contributed by atoms with Crippen molar-refractivity contribution < 1.29 is 17.9 Å². The van der Waals surface area contributed by atoms with Gasteiger partial charge in [-0.3, -0.25) is 4.79 Å². The van der Waals surface area contributed by atoms with Crippen molar-refractivity contribution in [3.05, 3.63) is 53.8 Å². The molecule has 39 heavy (non-hydrogen) atoms. The topological polar surface area (TPSA) is 85.2 Å². The Morgan fingerprint density at radius 3 is 1.74 bits per heavy atom. The lowest BCUT2D eigenvalue weighted by Gasteiger charge is -2.15. The highest BCUT2D eigenvalue weighted by molar-refractivity contribution is 7.90. The Kier molecular flexibility index (Phi) is 15.7. The molecule has 1 aliphatic rings. The van der Waals surface area contributed by atoms with E-state index >= 15 is 0 Å². The molecule has 6 nitrogen and oxygen atoms in total. The first-order chi connectivity index (χ1) is 18.9. The van der Waals surface area contributed by atoms with E-state index < -0.39 is 10.0 Å². The molecule has 0 aromatic heterocycles. The van der Waals surface area contributed by atoms with Crippen molar-refractivity contribution in [3.63, 3.8) is 0 Å². The van der Waals surface area contributed by atoms with E-state index in [0.29, 0.717) is 23.5 Å². The van der Waals surface area contributed by atoms with Crippen molar-refractivity contribution >= 4 is 27.4 Å². The Labute approximate surface area is 236 Å². The molecule has 0 atom stereocenters. The third-order valence-corrected chi connectivity index (χ3v) is 8.36. The van der Waals surface area contributed by atoms with E-state index in [4.69, 9.17) is 4.74 Å². The molecule has 7 heteroatoms. The number of sulfonamides is 1. The van der Waals surface area contributed by atoms with Crippen LogP contribution in [0.1, 0.15) is 117 Å². The van der Waals surface area contributed by atoms with Crippen LogP contribution < -0.4 is 0 Å². The third kappa shape index (κ3) is 12.5. The van der Waals surface area contributed by atoms with Crippen LogP contribution >= 0.6 is 0 Å². The van der Waals surface area contributed by atoms with Crippen LogP contribution in [0.3, 0.4) is 0 Å². The number of benzene rings is 1. The normalized spacial score (nSPS) is 15.9. The summed E-state index contributed by atoms with van der Waals surface area (Å²) in [6.45, 7) is 4.02. The highest BCUT2D eigenvalue weighted by Gasteiger charge is 2.22. The van der Waals surface area contributed by atoms with Gasteiger partial charge in [-0.25, -0.2) is 4.99 Å². The third-order valence-electron chi connectivity index (χ3n) is 7.06. The largest absolute Gasteiger partial charge is 0.494 e. The zero-order valence-corrected chi connectivity index (χ0v) is 25.1. The Hall–Kier alpha value is -2.54. The fraction of sp³-hybridized carbons (Fsp3) is 0.594. The van der Waals surface area contributed by atoms with E-state index in [1.165, 1.54) is 102 Å². The zero-order valence-electron chi connectivity index (χ0n) is 24.3. The maximum absolute atomic E-state index is 12.7. The zero-order chi connectivity index (χ0) is 28.3. The molecule has 1 amide bonds. The van der Waals surface area contributed by atoms with Crippen LogP contribution in [-0.2, 0) is 19.6 Å². The molecule has 1 aromatic rings. The van der Waals surface area contributed by atoms with E-state index in [2.05, 4.69) is 16.3 Å². The van der Waals surface area contributed by atoms with Gasteiger partial charge < -0.3 is 4.74 Å². The minimum absolute atomic E-state index is 0.108. The summed E-state index contributed by atoms with van der Waals surface area (Å²) in [6.07, 6.45) is 22.8. The molecule has 0 saturated carbocycles. The van der Waals surface area contributed by atoms with Crippen molar-refractivity contribution in [1.82, 2.24) is 0 Å². The minimum Gasteiger partial charge on any atom is -0.494 e. The molecule has 216 valence electrons. The molecule has 1 aliphatic carbocycles. The fourth-order valence-corrected chi connectivity index (χ4v) is 5.74. The second-order valence-corrected chi connectivity index (χ2v) is 12.0. The monoisotopic (exact) mass is 556 g/mol. The highest BCUT2D eigenvalue weighted by atomic mass is 32.2. The lowest BCUT2D eigenvalue weighted by molar-refractivity contribution is -0.117. The Balaban J connectivity index is 1.68. The number of hydrogen-bond donors (Lipinski definition) is 0. The maximum atomic E-state index is 12.7. The van der Waals surface area contributed by atoms with E-state index in [1.807, 2.05) is 0 Å². The van der Waals surface area contributed by atoms with Crippen LogP contribution in [0.15, 0.2) is 68.1 Å². The minimum atomic E-state index is -3.88. The first-order valence-electron chi connectivity index (χ1n) is 14.8. The van der Waals surface area contributed by atoms with Crippen LogP contribution in [0.5, 0.6) is 0 Å². The fourth-order valence-electron chi connectivity index (χ4n) is 4.73. The van der Waals surface area contributed by atoms with Crippen LogP contribution in [0.4, 0.5) is 0 Å². The maximum Gasteiger partial charge on any atom is 0.282 e. The lowest BCUT2D eigenvalue weighted by Crippen LogP contribution is -2.17. The molecule has 0 radical (unpaired) electrons. The second kappa shape index (κ2) is 18.7. The average molecular weight is 557 g/mol. The quantitative estimate of drug-likeness (QED) is 0.126. The summed E-state index contributed by atoms with van der Waals surface area (Å²) in [5, 5.41) is 0. The van der Waals surface area contributed by atoms with Crippen LogP contribution in [0.25, 0.3) is 0 Å². The van der Waals surface area contributed by atoms with E-state index in [9.17, 15) is 13.2 Å². The molecular formula is C32H48N2O4S. The molecule has 0 unspecified atom stereocenters. The van der Waals surface area contributed by atoms with E-state index in [1.54, 1.807) is 31.2 Å². The number of hydrogen-bond acceptors (Lipinski definition) is 4. The first-order valence-corrected chi connectivity index (χ1v) is 16.3. The van der Waals surface area contributed by atoms with Gasteiger partial charge in [0, 0.05) is 12.0 Å². The van der Waals surface area contributed by atoms with E-state index in [0.717, 1.165) is 19.3 Å². The summed E-state index contributed by atoms with van der Waals surface area (Å²) < 4.78 is 34.7. The lowest BCUT2D eigenvalue weighted by atomic mass is 10.0. The summed E-state index contributed by atoms with van der Waals surface area (Å²) >= 11 is 0. The van der Waals surface area contributed by atoms with Gasteiger partial charge in [-0.05, 0) is 37.6 Å². The SMILES string of the molecule is CCCCCCCCCCCCCCCCCC(=O)N=C1C=C/C(=N/S(=O)(=O)c2ccccc2)C(OC)=C1C. The summed E-state index contributed by atoms with van der Waals surface area (Å²) in [4.78, 5) is 16.8. The summed E-state index contributed by atoms with van der Waals surface area (Å²) in [5.74, 6) is 0.131. The highest BCUT2D eigenvalue weighted by Crippen LogP contribution is 2.21.